The Morgan fingerprint density at radius 3 is 2.31 bits per heavy atom. The van der Waals surface area contributed by atoms with Gasteiger partial charge in [-0.15, -0.1) is 0 Å². The van der Waals surface area contributed by atoms with Gasteiger partial charge in [0.05, 0.1) is 11.7 Å². The van der Waals surface area contributed by atoms with E-state index in [-0.39, 0.29) is 17.9 Å². The third-order valence-electron chi connectivity index (χ3n) is 3.26. The Morgan fingerprint density at radius 2 is 2.00 bits per heavy atom. The maximum Gasteiger partial charge on any atom is 0.0649 e. The van der Waals surface area contributed by atoms with Crippen LogP contribution >= 0.6 is 0 Å². The first-order chi connectivity index (χ1) is 5.81. The molecule has 1 fully saturated rings. The Balaban J connectivity index is 2.71. The number of hydrogen-bond acceptors (Lipinski definition) is 3. The summed E-state index contributed by atoms with van der Waals surface area (Å²) < 4.78 is 0. The van der Waals surface area contributed by atoms with Gasteiger partial charge in [0.15, 0.2) is 0 Å². The minimum atomic E-state index is -0.860. The molecule has 1 saturated carbocycles. The molecular weight excluding hydrogens is 168 g/mol. The van der Waals surface area contributed by atoms with E-state index in [2.05, 4.69) is 0 Å². The molecule has 0 bridgehead atoms. The average Bonchev–Trinajstić information content (AvgIpc) is 1.81. The molecule has 0 saturated heterocycles. The minimum absolute atomic E-state index is 0.105. The fraction of sp³-hybridized carbons (Fsp3) is 1.00. The highest BCUT2D eigenvalue weighted by Crippen LogP contribution is 2.53. The largest absolute Gasteiger partial charge is 0.396 e. The predicted molar refractivity (Wildman–Crippen MR) is 50.2 cm³/mol. The smallest absolute Gasteiger partial charge is 0.0649 e. The van der Waals surface area contributed by atoms with Crippen LogP contribution in [0.15, 0.2) is 0 Å². The van der Waals surface area contributed by atoms with Crippen LogP contribution in [0.1, 0.15) is 33.6 Å². The molecule has 3 heteroatoms. The number of hydrogen-bond donors (Lipinski definition) is 3. The van der Waals surface area contributed by atoms with Crippen LogP contribution in [-0.2, 0) is 0 Å². The average molecular weight is 188 g/mol. The van der Waals surface area contributed by atoms with Crippen molar-refractivity contribution in [2.75, 3.05) is 6.61 Å². The molecule has 0 aliphatic heterocycles. The van der Waals surface area contributed by atoms with Gasteiger partial charge in [0.25, 0.3) is 0 Å². The van der Waals surface area contributed by atoms with Crippen LogP contribution in [0, 0.1) is 11.3 Å². The monoisotopic (exact) mass is 188 g/mol. The SMILES string of the molecule is CC(C)(O)C1C(O)CC1(C)CCO. The molecule has 1 rings (SSSR count). The molecule has 0 heterocycles. The lowest BCUT2D eigenvalue weighted by Gasteiger charge is -2.56. The highest BCUT2D eigenvalue weighted by molar-refractivity contribution is 5.05. The molecule has 1 aliphatic rings. The standard InChI is InChI=1S/C10H20O3/c1-9(2,13)8-7(12)6-10(8,3)4-5-11/h7-8,11-13H,4-6H2,1-3H3. The second-order valence-electron chi connectivity index (χ2n) is 5.03. The van der Waals surface area contributed by atoms with E-state index >= 15 is 0 Å². The maximum atomic E-state index is 9.83. The van der Waals surface area contributed by atoms with Gasteiger partial charge in [-0.2, -0.15) is 0 Å². The van der Waals surface area contributed by atoms with Crippen molar-refractivity contribution in [2.24, 2.45) is 11.3 Å². The maximum absolute atomic E-state index is 9.83. The van der Waals surface area contributed by atoms with Crippen LogP contribution in [0.5, 0.6) is 0 Å². The molecule has 3 atom stereocenters. The Hall–Kier alpha value is -0.120. The summed E-state index contributed by atoms with van der Waals surface area (Å²) in [6.07, 6.45) is 0.914. The van der Waals surface area contributed by atoms with Gasteiger partial charge >= 0.3 is 0 Å². The summed E-state index contributed by atoms with van der Waals surface area (Å²) in [5.41, 5.74) is -0.964. The Kier molecular flexibility index (Phi) is 2.72. The van der Waals surface area contributed by atoms with E-state index in [1.165, 1.54) is 0 Å². The van der Waals surface area contributed by atoms with E-state index < -0.39 is 11.7 Å². The summed E-state index contributed by atoms with van der Waals surface area (Å²) in [6, 6.07) is 0. The fourth-order valence-corrected chi connectivity index (χ4v) is 2.86. The normalized spacial score (nSPS) is 40.2. The first-order valence-electron chi connectivity index (χ1n) is 4.82. The van der Waals surface area contributed by atoms with Crippen LogP contribution < -0.4 is 0 Å². The van der Waals surface area contributed by atoms with Crippen LogP contribution in [0.2, 0.25) is 0 Å². The molecule has 0 aromatic rings. The summed E-state index contributed by atoms with van der Waals surface area (Å²) in [6.45, 7) is 5.57. The Bertz CT molecular complexity index is 181. The van der Waals surface area contributed by atoms with E-state index in [0.29, 0.717) is 12.8 Å². The second kappa shape index (κ2) is 3.23. The summed E-state index contributed by atoms with van der Waals surface area (Å²) >= 11 is 0. The fourth-order valence-electron chi connectivity index (χ4n) is 2.86. The van der Waals surface area contributed by atoms with Gasteiger partial charge in [-0.25, -0.2) is 0 Å². The number of aliphatic hydroxyl groups is 3. The van der Waals surface area contributed by atoms with Gasteiger partial charge in [-0.05, 0) is 32.1 Å². The summed E-state index contributed by atoms with van der Waals surface area (Å²) in [4.78, 5) is 0. The summed E-state index contributed by atoms with van der Waals surface area (Å²) in [7, 11) is 0. The van der Waals surface area contributed by atoms with Crippen molar-refractivity contribution in [2.45, 2.75) is 45.3 Å². The van der Waals surface area contributed by atoms with Crippen molar-refractivity contribution >= 4 is 0 Å². The molecule has 0 aromatic carbocycles. The molecule has 0 spiro atoms. The van der Waals surface area contributed by atoms with Crippen molar-refractivity contribution < 1.29 is 15.3 Å². The number of rotatable bonds is 3. The quantitative estimate of drug-likeness (QED) is 0.605. The van der Waals surface area contributed by atoms with Crippen LogP contribution in [0.25, 0.3) is 0 Å². The Morgan fingerprint density at radius 1 is 1.46 bits per heavy atom. The lowest BCUT2D eigenvalue weighted by atomic mass is 9.53. The third-order valence-corrected chi connectivity index (χ3v) is 3.26. The van der Waals surface area contributed by atoms with Crippen molar-refractivity contribution in [3.8, 4) is 0 Å². The molecule has 0 radical (unpaired) electrons. The van der Waals surface area contributed by atoms with Crippen LogP contribution in [0.3, 0.4) is 0 Å². The zero-order valence-corrected chi connectivity index (χ0v) is 8.62. The molecule has 13 heavy (non-hydrogen) atoms. The van der Waals surface area contributed by atoms with Crippen molar-refractivity contribution in [3.05, 3.63) is 0 Å². The zero-order chi connectivity index (χ0) is 10.3. The van der Waals surface area contributed by atoms with E-state index in [0.717, 1.165) is 0 Å². The zero-order valence-electron chi connectivity index (χ0n) is 8.62. The van der Waals surface area contributed by atoms with E-state index in [4.69, 9.17) is 5.11 Å². The highest BCUT2D eigenvalue weighted by Gasteiger charge is 2.55. The van der Waals surface area contributed by atoms with Crippen molar-refractivity contribution in [1.82, 2.24) is 0 Å². The van der Waals surface area contributed by atoms with E-state index in [1.54, 1.807) is 13.8 Å². The van der Waals surface area contributed by atoms with Gasteiger partial charge in [-0.3, -0.25) is 0 Å². The molecule has 1 aliphatic carbocycles. The second-order valence-corrected chi connectivity index (χ2v) is 5.03. The van der Waals surface area contributed by atoms with Gasteiger partial charge in [0, 0.05) is 12.5 Å². The van der Waals surface area contributed by atoms with E-state index in [1.807, 2.05) is 6.92 Å². The van der Waals surface area contributed by atoms with Crippen molar-refractivity contribution in [1.29, 1.82) is 0 Å². The van der Waals surface area contributed by atoms with E-state index in [9.17, 15) is 10.2 Å². The molecule has 3 N–H and O–H groups in total. The van der Waals surface area contributed by atoms with Crippen molar-refractivity contribution in [3.63, 3.8) is 0 Å². The summed E-state index contributed by atoms with van der Waals surface area (Å²) in [5, 5.41) is 28.3. The highest BCUT2D eigenvalue weighted by atomic mass is 16.3. The lowest BCUT2D eigenvalue weighted by Crippen LogP contribution is -2.59. The van der Waals surface area contributed by atoms with Crippen LogP contribution in [0.4, 0.5) is 0 Å². The minimum Gasteiger partial charge on any atom is -0.396 e. The van der Waals surface area contributed by atoms with Crippen LogP contribution in [-0.4, -0.2) is 33.6 Å². The first-order valence-corrected chi connectivity index (χ1v) is 4.82. The molecular formula is C10H20O3. The Labute approximate surface area is 79.4 Å². The summed E-state index contributed by atoms with van der Waals surface area (Å²) in [5.74, 6) is -0.118. The predicted octanol–water partition coefficient (Wildman–Crippen LogP) is 0.527. The molecule has 78 valence electrons. The molecule has 0 amide bonds. The topological polar surface area (TPSA) is 60.7 Å². The van der Waals surface area contributed by atoms with Gasteiger partial charge < -0.3 is 15.3 Å². The molecule has 3 unspecified atom stereocenters. The van der Waals surface area contributed by atoms with Gasteiger partial charge in [0.2, 0.25) is 0 Å². The lowest BCUT2D eigenvalue weighted by molar-refractivity contribution is -0.189. The van der Waals surface area contributed by atoms with Gasteiger partial charge in [0.1, 0.15) is 0 Å². The first kappa shape index (κ1) is 11.0. The molecule has 0 aromatic heterocycles. The number of aliphatic hydroxyl groups excluding tert-OH is 2. The van der Waals surface area contributed by atoms with Gasteiger partial charge in [-0.1, -0.05) is 6.92 Å². The molecule has 3 nitrogen and oxygen atoms in total. The third kappa shape index (κ3) is 1.87.